The van der Waals surface area contributed by atoms with Crippen LogP contribution in [0.25, 0.3) is 0 Å². The van der Waals surface area contributed by atoms with Crippen molar-refractivity contribution in [2.45, 2.75) is 70.2 Å². The molecular formula is C22H34O5. The van der Waals surface area contributed by atoms with Crippen molar-refractivity contribution in [1.29, 1.82) is 0 Å². The molecule has 0 aliphatic heterocycles. The van der Waals surface area contributed by atoms with Gasteiger partial charge in [0.25, 0.3) is 0 Å². The Morgan fingerprint density at radius 1 is 1.04 bits per heavy atom. The van der Waals surface area contributed by atoms with Crippen LogP contribution in [0.2, 0.25) is 0 Å². The molecule has 0 aromatic rings. The van der Waals surface area contributed by atoms with Gasteiger partial charge in [-0.25, -0.2) is 0 Å². The van der Waals surface area contributed by atoms with Crippen molar-refractivity contribution in [3.63, 3.8) is 0 Å². The lowest BCUT2D eigenvalue weighted by atomic mass is 9.88. The van der Waals surface area contributed by atoms with Crippen LogP contribution >= 0.6 is 0 Å². The second-order valence-corrected chi connectivity index (χ2v) is 7.03. The standard InChI is InChI=1S/C22H34O5/c1-2-3-4-5-6-7-8-9-10-11-17(23)12-13-18-19(14-15-22(26)27)21(25)16-20(18)24/h3-4,6-7,9-10,12-13,17-21,23-25H,2,5,8,11,14-16H2,1H3,(H,26,27)/b4-3-,7-6-,10-9-,13-12+. The van der Waals surface area contributed by atoms with Crippen LogP contribution in [0.5, 0.6) is 0 Å². The summed E-state index contributed by atoms with van der Waals surface area (Å²) in [6, 6.07) is 0. The largest absolute Gasteiger partial charge is 0.481 e. The molecule has 5 atom stereocenters. The van der Waals surface area contributed by atoms with E-state index in [9.17, 15) is 20.1 Å². The van der Waals surface area contributed by atoms with E-state index in [2.05, 4.69) is 31.2 Å². The fourth-order valence-electron chi connectivity index (χ4n) is 3.35. The zero-order chi connectivity index (χ0) is 20.1. The first kappa shape index (κ1) is 23.3. The van der Waals surface area contributed by atoms with Crippen LogP contribution in [0.1, 0.15) is 51.9 Å². The minimum absolute atomic E-state index is 0.0359. The van der Waals surface area contributed by atoms with Gasteiger partial charge in [-0.1, -0.05) is 55.5 Å². The molecule has 0 aromatic carbocycles. The van der Waals surface area contributed by atoms with Crippen molar-refractivity contribution in [2.24, 2.45) is 11.8 Å². The SMILES string of the molecule is CC/C=C\C/C=C\C/C=C\CC(O)/C=C/C1C(O)CC(O)C1CCC(=O)O. The van der Waals surface area contributed by atoms with Gasteiger partial charge in [0.05, 0.1) is 18.3 Å². The van der Waals surface area contributed by atoms with E-state index in [1.807, 2.05) is 12.2 Å². The molecule has 1 aliphatic carbocycles. The topological polar surface area (TPSA) is 98.0 Å². The van der Waals surface area contributed by atoms with Gasteiger partial charge < -0.3 is 20.4 Å². The normalized spacial score (nSPS) is 27.6. The molecule has 0 amide bonds. The van der Waals surface area contributed by atoms with Crippen LogP contribution in [0.4, 0.5) is 0 Å². The van der Waals surface area contributed by atoms with E-state index in [0.29, 0.717) is 12.8 Å². The second-order valence-electron chi connectivity index (χ2n) is 7.03. The van der Waals surface area contributed by atoms with E-state index < -0.39 is 24.3 Å². The zero-order valence-electron chi connectivity index (χ0n) is 16.2. The Hall–Kier alpha value is -1.69. The number of carboxylic acid groups (broad SMARTS) is 1. The number of hydrogen-bond acceptors (Lipinski definition) is 4. The molecule has 152 valence electrons. The summed E-state index contributed by atoms with van der Waals surface area (Å²) in [6.45, 7) is 2.11. The minimum atomic E-state index is -0.910. The van der Waals surface area contributed by atoms with Gasteiger partial charge in [0.2, 0.25) is 0 Å². The molecule has 27 heavy (non-hydrogen) atoms. The number of aliphatic hydroxyl groups excluding tert-OH is 3. The molecule has 5 unspecified atom stereocenters. The Balaban J connectivity index is 2.39. The molecule has 5 nitrogen and oxygen atoms in total. The Morgan fingerprint density at radius 2 is 1.67 bits per heavy atom. The molecule has 1 saturated carbocycles. The Kier molecular flexibility index (Phi) is 11.7. The maximum absolute atomic E-state index is 10.8. The molecule has 4 N–H and O–H groups in total. The maximum Gasteiger partial charge on any atom is 0.303 e. The molecule has 0 aromatic heterocycles. The highest BCUT2D eigenvalue weighted by atomic mass is 16.4. The summed E-state index contributed by atoms with van der Waals surface area (Å²) in [7, 11) is 0. The predicted molar refractivity (Wildman–Crippen MR) is 107 cm³/mol. The number of allylic oxidation sites excluding steroid dienone is 5. The first-order valence-corrected chi connectivity index (χ1v) is 9.85. The Morgan fingerprint density at radius 3 is 2.30 bits per heavy atom. The van der Waals surface area contributed by atoms with Crippen LogP contribution in [0, 0.1) is 11.8 Å². The monoisotopic (exact) mass is 378 g/mol. The van der Waals surface area contributed by atoms with Crippen LogP contribution in [-0.4, -0.2) is 44.7 Å². The lowest BCUT2D eigenvalue weighted by Crippen LogP contribution is -2.22. The number of aliphatic hydroxyl groups is 3. The summed E-state index contributed by atoms with van der Waals surface area (Å²) < 4.78 is 0. The summed E-state index contributed by atoms with van der Waals surface area (Å²) >= 11 is 0. The van der Waals surface area contributed by atoms with Gasteiger partial charge in [-0.3, -0.25) is 4.79 Å². The zero-order valence-corrected chi connectivity index (χ0v) is 16.2. The van der Waals surface area contributed by atoms with Crippen molar-refractivity contribution in [3.8, 4) is 0 Å². The van der Waals surface area contributed by atoms with Crippen LogP contribution in [-0.2, 0) is 4.79 Å². The van der Waals surface area contributed by atoms with E-state index in [0.717, 1.165) is 19.3 Å². The van der Waals surface area contributed by atoms with Gasteiger partial charge in [-0.2, -0.15) is 0 Å². The van der Waals surface area contributed by atoms with Crippen LogP contribution in [0.3, 0.4) is 0 Å². The van der Waals surface area contributed by atoms with E-state index in [-0.39, 0.29) is 24.7 Å². The highest BCUT2D eigenvalue weighted by Gasteiger charge is 2.40. The van der Waals surface area contributed by atoms with Crippen molar-refractivity contribution >= 4 is 5.97 Å². The molecule has 0 saturated heterocycles. The van der Waals surface area contributed by atoms with E-state index in [1.165, 1.54) is 0 Å². The third-order valence-corrected chi connectivity index (χ3v) is 4.82. The van der Waals surface area contributed by atoms with Crippen molar-refractivity contribution in [3.05, 3.63) is 48.6 Å². The molecule has 0 heterocycles. The quantitative estimate of drug-likeness (QED) is 0.390. The first-order valence-electron chi connectivity index (χ1n) is 9.85. The van der Waals surface area contributed by atoms with E-state index >= 15 is 0 Å². The second kappa shape index (κ2) is 13.5. The molecule has 5 heteroatoms. The maximum atomic E-state index is 10.8. The fourth-order valence-corrected chi connectivity index (χ4v) is 3.35. The average Bonchev–Trinajstić information content (AvgIpc) is 2.89. The highest BCUT2D eigenvalue weighted by molar-refractivity contribution is 5.66. The fraction of sp³-hybridized carbons (Fsp3) is 0.591. The van der Waals surface area contributed by atoms with E-state index in [1.54, 1.807) is 12.2 Å². The molecule has 0 bridgehead atoms. The number of rotatable bonds is 12. The van der Waals surface area contributed by atoms with E-state index in [4.69, 9.17) is 5.11 Å². The number of carbonyl (C=O) groups is 1. The highest BCUT2D eigenvalue weighted by Crippen LogP contribution is 2.36. The number of aliphatic carboxylic acids is 1. The number of hydrogen-bond donors (Lipinski definition) is 4. The van der Waals surface area contributed by atoms with Crippen molar-refractivity contribution in [1.82, 2.24) is 0 Å². The van der Waals surface area contributed by atoms with Crippen LogP contribution in [0.15, 0.2) is 48.6 Å². The summed E-state index contributed by atoms with van der Waals surface area (Å²) in [5.74, 6) is -1.52. The molecule has 1 fully saturated rings. The van der Waals surface area contributed by atoms with Gasteiger partial charge >= 0.3 is 5.97 Å². The van der Waals surface area contributed by atoms with Crippen molar-refractivity contribution in [2.75, 3.05) is 0 Å². The Labute approximate surface area is 162 Å². The smallest absolute Gasteiger partial charge is 0.303 e. The number of carboxylic acids is 1. The summed E-state index contributed by atoms with van der Waals surface area (Å²) in [6.07, 6.45) is 17.5. The summed E-state index contributed by atoms with van der Waals surface area (Å²) in [5.41, 5.74) is 0. The van der Waals surface area contributed by atoms with Gasteiger partial charge in [0.15, 0.2) is 0 Å². The average molecular weight is 379 g/mol. The van der Waals surface area contributed by atoms with Gasteiger partial charge in [0.1, 0.15) is 0 Å². The van der Waals surface area contributed by atoms with Crippen molar-refractivity contribution < 1.29 is 25.2 Å². The third kappa shape index (κ3) is 9.70. The molecule has 1 rings (SSSR count). The molecule has 0 radical (unpaired) electrons. The van der Waals surface area contributed by atoms with Gasteiger partial charge in [0, 0.05) is 18.8 Å². The van der Waals surface area contributed by atoms with Gasteiger partial charge in [-0.05, 0) is 38.0 Å². The Bertz CT molecular complexity index is 535. The predicted octanol–water partition coefficient (Wildman–Crippen LogP) is 3.38. The van der Waals surface area contributed by atoms with Gasteiger partial charge in [-0.15, -0.1) is 0 Å². The van der Waals surface area contributed by atoms with Crippen LogP contribution < -0.4 is 0 Å². The lowest BCUT2D eigenvalue weighted by Gasteiger charge is -2.20. The minimum Gasteiger partial charge on any atom is -0.481 e. The summed E-state index contributed by atoms with van der Waals surface area (Å²) in [5, 5.41) is 39.0. The third-order valence-electron chi connectivity index (χ3n) is 4.82. The molecular weight excluding hydrogens is 344 g/mol. The molecule has 1 aliphatic rings. The summed E-state index contributed by atoms with van der Waals surface area (Å²) in [4.78, 5) is 10.8. The lowest BCUT2D eigenvalue weighted by molar-refractivity contribution is -0.137. The molecule has 0 spiro atoms. The first-order chi connectivity index (χ1) is 13.0.